The van der Waals surface area contributed by atoms with E-state index in [0.29, 0.717) is 12.3 Å². The summed E-state index contributed by atoms with van der Waals surface area (Å²) in [7, 11) is -2.08. The number of methoxy groups -OCH3 is 1. The number of esters is 1. The second-order valence-electron chi connectivity index (χ2n) is 4.68. The van der Waals surface area contributed by atoms with E-state index in [1.54, 1.807) is 12.1 Å². The Bertz CT molecular complexity index is 544. The third-order valence-electron chi connectivity index (χ3n) is 2.52. The molecule has 0 saturated carbocycles. The van der Waals surface area contributed by atoms with Crippen molar-refractivity contribution in [1.29, 1.82) is 0 Å². The maximum atomic E-state index is 11.7. The van der Waals surface area contributed by atoms with Crippen LogP contribution in [0.2, 0.25) is 0 Å². The zero-order chi connectivity index (χ0) is 13.9. The first-order valence-electron chi connectivity index (χ1n) is 5.67. The van der Waals surface area contributed by atoms with Crippen molar-refractivity contribution >= 4 is 15.8 Å². The van der Waals surface area contributed by atoms with Crippen molar-refractivity contribution in [2.75, 3.05) is 13.4 Å². The summed E-state index contributed by atoms with van der Waals surface area (Å²) in [5.74, 6) is -0.189. The lowest BCUT2D eigenvalue weighted by Gasteiger charge is -2.11. The summed E-state index contributed by atoms with van der Waals surface area (Å²) < 4.78 is 28.1. The molecule has 0 spiro atoms. The Hall–Kier alpha value is -1.36. The molecule has 5 heteroatoms. The van der Waals surface area contributed by atoms with Gasteiger partial charge in [0, 0.05) is 6.26 Å². The quantitative estimate of drug-likeness (QED) is 0.786. The first-order valence-corrected chi connectivity index (χ1v) is 7.56. The molecule has 0 aliphatic carbocycles. The van der Waals surface area contributed by atoms with Gasteiger partial charge >= 0.3 is 5.97 Å². The predicted molar refractivity (Wildman–Crippen MR) is 69.4 cm³/mol. The largest absolute Gasteiger partial charge is 0.465 e. The maximum absolute atomic E-state index is 11.7. The summed E-state index contributed by atoms with van der Waals surface area (Å²) in [6, 6.07) is 4.67. The van der Waals surface area contributed by atoms with Gasteiger partial charge in [0.15, 0.2) is 9.84 Å². The van der Waals surface area contributed by atoms with Crippen molar-refractivity contribution < 1.29 is 17.9 Å². The van der Waals surface area contributed by atoms with Crippen LogP contribution in [0.3, 0.4) is 0 Å². The molecule has 0 atom stereocenters. The van der Waals surface area contributed by atoms with E-state index in [4.69, 9.17) is 0 Å². The predicted octanol–water partition coefficient (Wildman–Crippen LogP) is 2.08. The second kappa shape index (κ2) is 5.52. The van der Waals surface area contributed by atoms with E-state index in [0.717, 1.165) is 11.8 Å². The van der Waals surface area contributed by atoms with E-state index in [2.05, 4.69) is 4.74 Å². The zero-order valence-corrected chi connectivity index (χ0v) is 11.9. The fourth-order valence-corrected chi connectivity index (χ4v) is 2.72. The number of sulfone groups is 1. The molecule has 100 valence electrons. The Morgan fingerprint density at radius 3 is 2.39 bits per heavy atom. The van der Waals surface area contributed by atoms with Crippen molar-refractivity contribution in [3.05, 3.63) is 29.3 Å². The number of hydrogen-bond acceptors (Lipinski definition) is 4. The van der Waals surface area contributed by atoms with Gasteiger partial charge in [-0.3, -0.25) is 0 Å². The number of carbonyl (C=O) groups is 1. The first kappa shape index (κ1) is 14.7. The summed E-state index contributed by atoms with van der Waals surface area (Å²) in [6.45, 7) is 4.03. The Balaban J connectivity index is 3.34. The number of carbonyl (C=O) groups excluding carboxylic acids is 1. The van der Waals surface area contributed by atoms with Crippen LogP contribution in [0, 0.1) is 5.92 Å². The van der Waals surface area contributed by atoms with Crippen LogP contribution in [0.4, 0.5) is 0 Å². The molecular weight excluding hydrogens is 252 g/mol. The van der Waals surface area contributed by atoms with E-state index in [-0.39, 0.29) is 10.5 Å². The lowest BCUT2D eigenvalue weighted by Crippen LogP contribution is -2.09. The van der Waals surface area contributed by atoms with E-state index >= 15 is 0 Å². The lowest BCUT2D eigenvalue weighted by atomic mass is 10.0. The zero-order valence-electron chi connectivity index (χ0n) is 11.1. The van der Waals surface area contributed by atoms with Crippen LogP contribution in [0.25, 0.3) is 0 Å². The molecule has 4 nitrogen and oxygen atoms in total. The number of ether oxygens (including phenoxy) is 1. The van der Waals surface area contributed by atoms with Crippen molar-refractivity contribution in [2.45, 2.75) is 25.2 Å². The van der Waals surface area contributed by atoms with Crippen LogP contribution >= 0.6 is 0 Å². The Morgan fingerprint density at radius 1 is 1.33 bits per heavy atom. The topological polar surface area (TPSA) is 60.4 Å². The maximum Gasteiger partial charge on any atom is 0.337 e. The van der Waals surface area contributed by atoms with Crippen LogP contribution in [0.15, 0.2) is 23.1 Å². The Kier molecular flexibility index (Phi) is 4.51. The highest BCUT2D eigenvalue weighted by atomic mass is 32.2. The van der Waals surface area contributed by atoms with Crippen LogP contribution < -0.4 is 0 Å². The molecule has 0 N–H and O–H groups in total. The summed E-state index contributed by atoms with van der Waals surface area (Å²) in [5.41, 5.74) is 0.991. The number of rotatable bonds is 4. The molecule has 0 amide bonds. The molecule has 18 heavy (non-hydrogen) atoms. The Labute approximate surface area is 108 Å². The van der Waals surface area contributed by atoms with E-state index < -0.39 is 15.8 Å². The molecule has 0 fully saturated rings. The molecule has 0 bridgehead atoms. The molecule has 0 saturated heterocycles. The third-order valence-corrected chi connectivity index (χ3v) is 3.69. The highest BCUT2D eigenvalue weighted by Crippen LogP contribution is 2.21. The van der Waals surface area contributed by atoms with Gasteiger partial charge in [-0.1, -0.05) is 19.9 Å². The van der Waals surface area contributed by atoms with E-state index in [9.17, 15) is 13.2 Å². The second-order valence-corrected chi connectivity index (χ2v) is 6.67. The van der Waals surface area contributed by atoms with E-state index in [1.165, 1.54) is 13.2 Å². The molecule has 0 heterocycles. The average molecular weight is 270 g/mol. The molecule has 0 radical (unpaired) electrons. The van der Waals surface area contributed by atoms with Gasteiger partial charge in [0.25, 0.3) is 0 Å². The van der Waals surface area contributed by atoms with Gasteiger partial charge in [-0.2, -0.15) is 0 Å². The minimum Gasteiger partial charge on any atom is -0.465 e. The molecule has 0 aliphatic heterocycles. The van der Waals surface area contributed by atoms with Gasteiger partial charge in [-0.15, -0.1) is 0 Å². The van der Waals surface area contributed by atoms with Gasteiger partial charge in [0.05, 0.1) is 17.6 Å². The summed E-state index contributed by atoms with van der Waals surface area (Å²) >= 11 is 0. The summed E-state index contributed by atoms with van der Waals surface area (Å²) in [5, 5.41) is 0. The molecule has 0 unspecified atom stereocenters. The fourth-order valence-electron chi connectivity index (χ4n) is 1.75. The van der Waals surface area contributed by atoms with E-state index in [1.807, 2.05) is 13.8 Å². The third kappa shape index (κ3) is 3.57. The molecule has 0 aromatic heterocycles. The summed E-state index contributed by atoms with van der Waals surface area (Å²) in [4.78, 5) is 11.6. The van der Waals surface area contributed by atoms with Crippen molar-refractivity contribution in [2.24, 2.45) is 5.92 Å². The van der Waals surface area contributed by atoms with Crippen LogP contribution in [0.5, 0.6) is 0 Å². The van der Waals surface area contributed by atoms with Gasteiger partial charge in [0.2, 0.25) is 0 Å². The smallest absolute Gasteiger partial charge is 0.337 e. The van der Waals surface area contributed by atoms with Crippen LogP contribution in [-0.2, 0) is 21.0 Å². The minimum absolute atomic E-state index is 0.208. The standard InChI is InChI=1S/C13H18O4S/c1-9(2)7-10-5-6-11(13(14)17-3)8-12(10)18(4,15)16/h5-6,8-9H,7H2,1-4H3. The fraction of sp³-hybridized carbons (Fsp3) is 0.462. The van der Waals surface area contributed by atoms with Crippen molar-refractivity contribution in [3.63, 3.8) is 0 Å². The minimum atomic E-state index is -3.35. The SMILES string of the molecule is COC(=O)c1ccc(CC(C)C)c(S(C)(=O)=O)c1. The monoisotopic (exact) mass is 270 g/mol. The van der Waals surface area contributed by atoms with Crippen LogP contribution in [0.1, 0.15) is 29.8 Å². The van der Waals surface area contributed by atoms with Crippen LogP contribution in [-0.4, -0.2) is 27.8 Å². The highest BCUT2D eigenvalue weighted by Gasteiger charge is 2.17. The molecular formula is C13H18O4S. The normalized spacial score (nSPS) is 11.6. The molecule has 1 aromatic carbocycles. The average Bonchev–Trinajstić information content (AvgIpc) is 2.26. The number of benzene rings is 1. The van der Waals surface area contributed by atoms with Crippen molar-refractivity contribution in [3.8, 4) is 0 Å². The Morgan fingerprint density at radius 2 is 1.94 bits per heavy atom. The van der Waals surface area contributed by atoms with Crippen molar-refractivity contribution in [1.82, 2.24) is 0 Å². The van der Waals surface area contributed by atoms with Gasteiger partial charge in [-0.25, -0.2) is 13.2 Å². The number of hydrogen-bond donors (Lipinski definition) is 0. The molecule has 0 aliphatic rings. The van der Waals surface area contributed by atoms with Gasteiger partial charge in [0.1, 0.15) is 0 Å². The van der Waals surface area contributed by atoms with Gasteiger partial charge < -0.3 is 4.74 Å². The first-order chi connectivity index (χ1) is 8.25. The lowest BCUT2D eigenvalue weighted by molar-refractivity contribution is 0.0600. The molecule has 1 rings (SSSR count). The highest BCUT2D eigenvalue weighted by molar-refractivity contribution is 7.90. The summed E-state index contributed by atoms with van der Waals surface area (Å²) in [6.07, 6.45) is 1.80. The molecule has 1 aromatic rings. The van der Waals surface area contributed by atoms with Gasteiger partial charge in [-0.05, 0) is 30.0 Å².